The number of aromatic nitrogens is 3. The highest BCUT2D eigenvalue weighted by Crippen LogP contribution is 1.95. The molecule has 0 fully saturated rings. The molecule has 0 saturated carbocycles. The first kappa shape index (κ1) is 11.9. The van der Waals surface area contributed by atoms with Crippen molar-refractivity contribution in [2.24, 2.45) is 0 Å². The first-order chi connectivity index (χ1) is 7.54. The Morgan fingerprint density at radius 2 is 2.38 bits per heavy atom. The summed E-state index contributed by atoms with van der Waals surface area (Å²) in [4.78, 5) is 23.5. The van der Waals surface area contributed by atoms with Gasteiger partial charge in [0.25, 0.3) is 0 Å². The van der Waals surface area contributed by atoms with Crippen molar-refractivity contribution in [1.82, 2.24) is 19.9 Å². The van der Waals surface area contributed by atoms with E-state index in [0.717, 1.165) is 0 Å². The molecule has 1 aromatic rings. The maximum Gasteiger partial charge on any atom is 0.358 e. The minimum absolute atomic E-state index is 0.0371. The average molecular weight is 224 g/mol. The zero-order valence-corrected chi connectivity index (χ0v) is 8.83. The molecule has 7 heteroatoms. The van der Waals surface area contributed by atoms with E-state index in [-0.39, 0.29) is 18.1 Å². The Balaban J connectivity index is 2.62. The lowest BCUT2D eigenvalue weighted by molar-refractivity contribution is -0.130. The molecular weight excluding hydrogens is 212 g/mol. The van der Waals surface area contributed by atoms with Crippen molar-refractivity contribution in [3.63, 3.8) is 0 Å². The summed E-state index contributed by atoms with van der Waals surface area (Å²) in [5, 5.41) is 15.5. The van der Waals surface area contributed by atoms with Crippen molar-refractivity contribution in [3.8, 4) is 0 Å². The van der Waals surface area contributed by atoms with E-state index in [0.29, 0.717) is 6.54 Å². The fourth-order valence-corrected chi connectivity index (χ4v) is 1.03. The Morgan fingerprint density at radius 3 is 2.88 bits per heavy atom. The number of carbonyl (C=O) groups is 2. The molecule has 0 saturated heterocycles. The summed E-state index contributed by atoms with van der Waals surface area (Å²) in [7, 11) is 1.62. The monoisotopic (exact) mass is 224 g/mol. The van der Waals surface area contributed by atoms with Crippen LogP contribution in [0, 0.1) is 0 Å². The van der Waals surface area contributed by atoms with Gasteiger partial charge in [0.05, 0.1) is 6.20 Å². The molecule has 0 unspecified atom stereocenters. The molecule has 0 aliphatic rings. The number of nitrogens with zero attached hydrogens (tertiary/aromatic N) is 4. The van der Waals surface area contributed by atoms with Crippen LogP contribution in [0.1, 0.15) is 10.5 Å². The van der Waals surface area contributed by atoms with Crippen molar-refractivity contribution in [2.75, 3.05) is 13.6 Å². The van der Waals surface area contributed by atoms with E-state index < -0.39 is 5.97 Å². The highest BCUT2D eigenvalue weighted by Gasteiger charge is 2.12. The van der Waals surface area contributed by atoms with E-state index in [1.807, 2.05) is 0 Å². The number of hydrogen-bond donors (Lipinski definition) is 1. The minimum atomic E-state index is -1.17. The largest absolute Gasteiger partial charge is 0.476 e. The van der Waals surface area contributed by atoms with Gasteiger partial charge < -0.3 is 10.0 Å². The van der Waals surface area contributed by atoms with Gasteiger partial charge in [0.15, 0.2) is 5.69 Å². The number of amides is 1. The summed E-state index contributed by atoms with van der Waals surface area (Å²) in [6.07, 6.45) is 2.81. The third-order valence-electron chi connectivity index (χ3n) is 1.88. The van der Waals surface area contributed by atoms with Gasteiger partial charge in [0.1, 0.15) is 6.54 Å². The summed E-state index contributed by atoms with van der Waals surface area (Å²) in [5.41, 5.74) is -0.181. The number of carbonyl (C=O) groups excluding carboxylic acids is 1. The van der Waals surface area contributed by atoms with Crippen LogP contribution >= 0.6 is 0 Å². The predicted molar refractivity (Wildman–Crippen MR) is 54.8 cm³/mol. The van der Waals surface area contributed by atoms with E-state index in [1.54, 1.807) is 13.1 Å². The fourth-order valence-electron chi connectivity index (χ4n) is 1.03. The molecule has 1 aromatic heterocycles. The standard InChI is InChI=1S/C9H12N4O3/c1-3-4-12(2)8(14)6-13-5-7(9(15)16)10-11-13/h3,5H,1,4,6H2,2H3,(H,15,16). The molecule has 7 nitrogen and oxygen atoms in total. The maximum atomic E-state index is 11.5. The number of carboxylic acid groups (broad SMARTS) is 1. The minimum Gasteiger partial charge on any atom is -0.476 e. The van der Waals surface area contributed by atoms with E-state index >= 15 is 0 Å². The summed E-state index contributed by atoms with van der Waals surface area (Å²) in [6, 6.07) is 0. The molecule has 0 aliphatic carbocycles. The number of rotatable bonds is 5. The number of likely N-dealkylation sites (N-methyl/N-ethyl adjacent to an activating group) is 1. The highest BCUT2D eigenvalue weighted by atomic mass is 16.4. The molecule has 86 valence electrons. The van der Waals surface area contributed by atoms with Crippen LogP contribution < -0.4 is 0 Å². The van der Waals surface area contributed by atoms with E-state index in [4.69, 9.17) is 5.11 Å². The third kappa shape index (κ3) is 2.91. The van der Waals surface area contributed by atoms with Gasteiger partial charge >= 0.3 is 5.97 Å². The second-order valence-corrected chi connectivity index (χ2v) is 3.17. The summed E-state index contributed by atoms with van der Waals surface area (Å²) in [6.45, 7) is 3.90. The molecule has 0 spiro atoms. The van der Waals surface area contributed by atoms with Gasteiger partial charge in [-0.1, -0.05) is 11.3 Å². The topological polar surface area (TPSA) is 88.3 Å². The van der Waals surface area contributed by atoms with Crippen LogP contribution in [0.5, 0.6) is 0 Å². The number of carboxylic acids is 1. The van der Waals surface area contributed by atoms with Crippen LogP contribution in [0.15, 0.2) is 18.9 Å². The SMILES string of the molecule is C=CCN(C)C(=O)Cn1cc(C(=O)O)nn1. The van der Waals surface area contributed by atoms with Gasteiger partial charge in [-0.3, -0.25) is 4.79 Å². The van der Waals surface area contributed by atoms with Crippen molar-refractivity contribution < 1.29 is 14.7 Å². The first-order valence-electron chi connectivity index (χ1n) is 4.53. The van der Waals surface area contributed by atoms with E-state index in [2.05, 4.69) is 16.9 Å². The lowest BCUT2D eigenvalue weighted by Gasteiger charge is -2.13. The lowest BCUT2D eigenvalue weighted by Crippen LogP contribution is -2.30. The van der Waals surface area contributed by atoms with Crippen LogP contribution in [0.3, 0.4) is 0 Å². The second-order valence-electron chi connectivity index (χ2n) is 3.17. The molecule has 1 N–H and O–H groups in total. The smallest absolute Gasteiger partial charge is 0.358 e. The Morgan fingerprint density at radius 1 is 1.69 bits per heavy atom. The molecule has 1 rings (SSSR count). The molecule has 0 atom stereocenters. The summed E-state index contributed by atoms with van der Waals surface area (Å²) < 4.78 is 1.19. The molecule has 0 radical (unpaired) electrons. The van der Waals surface area contributed by atoms with Crippen LogP contribution in [0.4, 0.5) is 0 Å². The molecule has 0 bridgehead atoms. The Bertz CT molecular complexity index is 413. The van der Waals surface area contributed by atoms with Crippen molar-refractivity contribution in [2.45, 2.75) is 6.54 Å². The Hall–Kier alpha value is -2.18. The summed E-state index contributed by atoms with van der Waals surface area (Å²) >= 11 is 0. The van der Waals surface area contributed by atoms with Crippen molar-refractivity contribution in [3.05, 3.63) is 24.5 Å². The third-order valence-corrected chi connectivity index (χ3v) is 1.88. The van der Waals surface area contributed by atoms with Gasteiger partial charge in [0.2, 0.25) is 5.91 Å². The summed E-state index contributed by atoms with van der Waals surface area (Å²) in [5.74, 6) is -1.36. The van der Waals surface area contributed by atoms with E-state index in [1.165, 1.54) is 15.8 Å². The van der Waals surface area contributed by atoms with Crippen molar-refractivity contribution in [1.29, 1.82) is 0 Å². The van der Waals surface area contributed by atoms with Gasteiger partial charge in [-0.25, -0.2) is 9.48 Å². The quantitative estimate of drug-likeness (QED) is 0.689. The molecule has 0 aliphatic heterocycles. The van der Waals surface area contributed by atoms with Crippen LogP contribution in [0.25, 0.3) is 0 Å². The predicted octanol–water partition coefficient (Wildman–Crippen LogP) is -0.379. The highest BCUT2D eigenvalue weighted by molar-refractivity contribution is 5.84. The molecule has 16 heavy (non-hydrogen) atoms. The molecule has 0 aromatic carbocycles. The zero-order valence-electron chi connectivity index (χ0n) is 8.83. The number of aromatic carboxylic acids is 1. The first-order valence-corrected chi connectivity index (χ1v) is 4.53. The van der Waals surface area contributed by atoms with Crippen molar-refractivity contribution >= 4 is 11.9 Å². The van der Waals surface area contributed by atoms with Gasteiger partial charge in [0, 0.05) is 13.6 Å². The zero-order chi connectivity index (χ0) is 12.1. The Kier molecular flexibility index (Phi) is 3.76. The average Bonchev–Trinajstić information content (AvgIpc) is 2.66. The van der Waals surface area contributed by atoms with Crippen LogP contribution in [0.2, 0.25) is 0 Å². The van der Waals surface area contributed by atoms with Crippen LogP contribution in [-0.4, -0.2) is 50.5 Å². The van der Waals surface area contributed by atoms with E-state index in [9.17, 15) is 9.59 Å². The molecule has 1 heterocycles. The normalized spacial score (nSPS) is 9.81. The van der Waals surface area contributed by atoms with Crippen LogP contribution in [-0.2, 0) is 11.3 Å². The number of hydrogen-bond acceptors (Lipinski definition) is 4. The maximum absolute atomic E-state index is 11.5. The Labute approximate surface area is 92.0 Å². The fraction of sp³-hybridized carbons (Fsp3) is 0.333. The second kappa shape index (κ2) is 5.06. The molecule has 1 amide bonds. The molecular formula is C9H12N4O3. The van der Waals surface area contributed by atoms with Gasteiger partial charge in [-0.2, -0.15) is 0 Å². The van der Waals surface area contributed by atoms with Gasteiger partial charge in [-0.05, 0) is 0 Å². The van der Waals surface area contributed by atoms with Gasteiger partial charge in [-0.15, -0.1) is 11.7 Å². The lowest BCUT2D eigenvalue weighted by atomic mass is 10.4.